The van der Waals surface area contributed by atoms with Crippen molar-refractivity contribution in [3.8, 4) is 11.1 Å². The van der Waals surface area contributed by atoms with Crippen LogP contribution in [0.3, 0.4) is 0 Å². The van der Waals surface area contributed by atoms with Gasteiger partial charge >= 0.3 is 0 Å². The fourth-order valence-corrected chi connectivity index (χ4v) is 2.94. The van der Waals surface area contributed by atoms with E-state index in [4.69, 9.17) is 0 Å². The standard InChI is InChI=1S/C19H17I/c1-3-5-10-15(4-2)17-13-9-14-18(20)19(17)16-11-7-6-8-12-16/h3-14H,2H2,1H3/b5-3-,15-10+. The van der Waals surface area contributed by atoms with Crippen LogP contribution in [0.15, 0.2) is 79.4 Å². The molecule has 20 heavy (non-hydrogen) atoms. The number of hydrogen-bond acceptors (Lipinski definition) is 0. The second-order valence-electron chi connectivity index (χ2n) is 4.38. The maximum Gasteiger partial charge on any atom is 0.0215 e. The van der Waals surface area contributed by atoms with Gasteiger partial charge in [-0.2, -0.15) is 0 Å². The lowest BCUT2D eigenvalue weighted by Gasteiger charge is -2.13. The summed E-state index contributed by atoms with van der Waals surface area (Å²) in [5.74, 6) is 0. The molecule has 0 aliphatic rings. The molecule has 0 unspecified atom stereocenters. The molecule has 0 aliphatic heterocycles. The van der Waals surface area contributed by atoms with Crippen molar-refractivity contribution in [2.45, 2.75) is 6.92 Å². The Bertz CT molecular complexity index is 649. The second-order valence-corrected chi connectivity index (χ2v) is 5.54. The lowest BCUT2D eigenvalue weighted by atomic mass is 9.94. The highest BCUT2D eigenvalue weighted by atomic mass is 127. The molecule has 0 saturated carbocycles. The summed E-state index contributed by atoms with van der Waals surface area (Å²) in [7, 11) is 0. The topological polar surface area (TPSA) is 0 Å². The zero-order valence-electron chi connectivity index (χ0n) is 11.5. The summed E-state index contributed by atoms with van der Waals surface area (Å²) in [5, 5.41) is 0. The van der Waals surface area contributed by atoms with Gasteiger partial charge in [0.15, 0.2) is 0 Å². The molecule has 2 rings (SSSR count). The summed E-state index contributed by atoms with van der Waals surface area (Å²) < 4.78 is 1.25. The number of allylic oxidation sites excluding steroid dienone is 5. The van der Waals surface area contributed by atoms with Crippen LogP contribution in [0.5, 0.6) is 0 Å². The van der Waals surface area contributed by atoms with E-state index in [0.29, 0.717) is 0 Å². The Morgan fingerprint density at radius 3 is 2.45 bits per heavy atom. The summed E-state index contributed by atoms with van der Waals surface area (Å²) in [6.45, 7) is 5.97. The SMILES string of the molecule is C=C/C(=C\C=C/C)c1cccc(I)c1-c1ccccc1. The quantitative estimate of drug-likeness (QED) is 0.449. The van der Waals surface area contributed by atoms with Crippen molar-refractivity contribution in [1.82, 2.24) is 0 Å². The molecular formula is C19H17I. The summed E-state index contributed by atoms with van der Waals surface area (Å²) in [6, 6.07) is 16.9. The average Bonchev–Trinajstić information content (AvgIpc) is 2.49. The highest BCUT2D eigenvalue weighted by molar-refractivity contribution is 14.1. The van der Waals surface area contributed by atoms with Crippen LogP contribution in [0.4, 0.5) is 0 Å². The molecule has 0 aliphatic carbocycles. The minimum atomic E-state index is 1.14. The number of rotatable bonds is 4. The predicted octanol–water partition coefficient (Wildman–Crippen LogP) is 6.10. The number of hydrogen-bond donors (Lipinski definition) is 0. The van der Waals surface area contributed by atoms with E-state index >= 15 is 0 Å². The molecule has 2 aromatic rings. The molecule has 0 N–H and O–H groups in total. The van der Waals surface area contributed by atoms with Gasteiger partial charge in [-0.05, 0) is 52.3 Å². The third-order valence-electron chi connectivity index (χ3n) is 3.08. The second kappa shape index (κ2) is 7.25. The van der Waals surface area contributed by atoms with Crippen molar-refractivity contribution in [2.24, 2.45) is 0 Å². The molecule has 0 fully saturated rings. The smallest absolute Gasteiger partial charge is 0.0215 e. The van der Waals surface area contributed by atoms with Crippen molar-refractivity contribution >= 4 is 28.2 Å². The van der Waals surface area contributed by atoms with Crippen LogP contribution in [-0.2, 0) is 0 Å². The van der Waals surface area contributed by atoms with E-state index < -0.39 is 0 Å². The molecule has 0 atom stereocenters. The van der Waals surface area contributed by atoms with Crippen LogP contribution in [0.1, 0.15) is 12.5 Å². The van der Waals surface area contributed by atoms with E-state index in [0.717, 1.165) is 5.57 Å². The Balaban J connectivity index is 2.66. The molecule has 0 aromatic heterocycles. The van der Waals surface area contributed by atoms with Crippen molar-refractivity contribution < 1.29 is 0 Å². The maximum absolute atomic E-state index is 3.95. The Kier molecular flexibility index (Phi) is 5.36. The monoisotopic (exact) mass is 372 g/mol. The minimum Gasteiger partial charge on any atom is -0.0984 e. The molecule has 0 radical (unpaired) electrons. The van der Waals surface area contributed by atoms with E-state index in [9.17, 15) is 0 Å². The molecule has 0 nitrogen and oxygen atoms in total. The molecule has 2 aromatic carbocycles. The third-order valence-corrected chi connectivity index (χ3v) is 3.97. The van der Waals surface area contributed by atoms with Crippen LogP contribution in [0.2, 0.25) is 0 Å². The minimum absolute atomic E-state index is 1.14. The van der Waals surface area contributed by atoms with Crippen LogP contribution < -0.4 is 0 Å². The van der Waals surface area contributed by atoms with Crippen LogP contribution in [0, 0.1) is 3.57 Å². The van der Waals surface area contributed by atoms with Gasteiger partial charge in [0.25, 0.3) is 0 Å². The molecule has 0 spiro atoms. The van der Waals surface area contributed by atoms with Crippen molar-refractivity contribution in [3.05, 3.63) is 88.5 Å². The molecule has 1 heteroatoms. The largest absolute Gasteiger partial charge is 0.0984 e. The van der Waals surface area contributed by atoms with Crippen LogP contribution in [-0.4, -0.2) is 0 Å². The van der Waals surface area contributed by atoms with Crippen molar-refractivity contribution in [2.75, 3.05) is 0 Å². The third kappa shape index (κ3) is 3.28. The summed E-state index contributed by atoms with van der Waals surface area (Å²) >= 11 is 2.40. The average molecular weight is 372 g/mol. The fourth-order valence-electron chi connectivity index (χ4n) is 2.13. The first-order valence-electron chi connectivity index (χ1n) is 6.57. The first kappa shape index (κ1) is 14.8. The van der Waals surface area contributed by atoms with E-state index in [-0.39, 0.29) is 0 Å². The fraction of sp³-hybridized carbons (Fsp3) is 0.0526. The molecule has 0 heterocycles. The highest BCUT2D eigenvalue weighted by Crippen LogP contribution is 2.33. The number of benzene rings is 2. The van der Waals surface area contributed by atoms with E-state index in [1.165, 1.54) is 20.3 Å². The molecule has 0 bridgehead atoms. The van der Waals surface area contributed by atoms with Gasteiger partial charge in [0, 0.05) is 9.13 Å². The van der Waals surface area contributed by atoms with Crippen molar-refractivity contribution in [1.29, 1.82) is 0 Å². The maximum atomic E-state index is 3.95. The Hall–Kier alpha value is -1.61. The van der Waals surface area contributed by atoms with Gasteiger partial charge in [0.05, 0.1) is 0 Å². The van der Waals surface area contributed by atoms with Crippen LogP contribution in [0.25, 0.3) is 16.7 Å². The van der Waals surface area contributed by atoms with Gasteiger partial charge in [-0.3, -0.25) is 0 Å². The van der Waals surface area contributed by atoms with Gasteiger partial charge < -0.3 is 0 Å². The zero-order chi connectivity index (χ0) is 14.4. The number of halogens is 1. The summed E-state index contributed by atoms with van der Waals surface area (Å²) in [4.78, 5) is 0. The molecule has 0 saturated heterocycles. The van der Waals surface area contributed by atoms with Crippen molar-refractivity contribution in [3.63, 3.8) is 0 Å². The van der Waals surface area contributed by atoms with Crippen LogP contribution >= 0.6 is 22.6 Å². The highest BCUT2D eigenvalue weighted by Gasteiger charge is 2.10. The van der Waals surface area contributed by atoms with Gasteiger partial charge in [-0.1, -0.05) is 73.3 Å². The Morgan fingerprint density at radius 1 is 1.05 bits per heavy atom. The van der Waals surface area contributed by atoms with Gasteiger partial charge in [-0.25, -0.2) is 0 Å². The first-order valence-corrected chi connectivity index (χ1v) is 7.65. The first-order chi connectivity index (χ1) is 9.77. The lowest BCUT2D eigenvalue weighted by Crippen LogP contribution is -1.91. The summed E-state index contributed by atoms with van der Waals surface area (Å²) in [5.41, 5.74) is 4.86. The predicted molar refractivity (Wildman–Crippen MR) is 97.6 cm³/mol. The summed E-state index contributed by atoms with van der Waals surface area (Å²) in [6.07, 6.45) is 8.09. The molecule has 0 amide bonds. The van der Waals surface area contributed by atoms with Gasteiger partial charge in [-0.15, -0.1) is 0 Å². The van der Waals surface area contributed by atoms with E-state index in [1.807, 2.05) is 31.2 Å². The van der Waals surface area contributed by atoms with Gasteiger partial charge in [0.2, 0.25) is 0 Å². The Labute approximate surface area is 134 Å². The lowest BCUT2D eigenvalue weighted by molar-refractivity contribution is 1.53. The molecule has 100 valence electrons. The van der Waals surface area contributed by atoms with E-state index in [2.05, 4.69) is 77.7 Å². The van der Waals surface area contributed by atoms with E-state index in [1.54, 1.807) is 0 Å². The zero-order valence-corrected chi connectivity index (χ0v) is 13.7. The van der Waals surface area contributed by atoms with Gasteiger partial charge in [0.1, 0.15) is 0 Å². The Morgan fingerprint density at radius 2 is 1.80 bits per heavy atom. The molecular weight excluding hydrogens is 355 g/mol. The normalized spacial score (nSPS) is 11.8.